The SMILES string of the molecule is Cc1ccc2c(c1)C1CC=CC(c3ccccc3)=C1O2. The molecule has 2 aromatic carbocycles. The quantitative estimate of drug-likeness (QED) is 0.712. The Balaban J connectivity index is 1.87. The predicted octanol–water partition coefficient (Wildman–Crippen LogP) is 4.84. The molecule has 1 heteroatoms. The van der Waals surface area contributed by atoms with Crippen LogP contribution in [0.3, 0.4) is 0 Å². The van der Waals surface area contributed by atoms with Crippen molar-refractivity contribution >= 4 is 5.57 Å². The van der Waals surface area contributed by atoms with Gasteiger partial charge in [-0.05, 0) is 25.0 Å². The van der Waals surface area contributed by atoms with Crippen molar-refractivity contribution in [2.24, 2.45) is 0 Å². The molecule has 98 valence electrons. The fourth-order valence-electron chi connectivity index (χ4n) is 3.10. The third-order valence-corrected chi connectivity index (χ3v) is 4.08. The monoisotopic (exact) mass is 260 g/mol. The molecule has 0 radical (unpaired) electrons. The molecular weight excluding hydrogens is 244 g/mol. The molecule has 0 spiro atoms. The Morgan fingerprint density at radius 3 is 2.75 bits per heavy atom. The maximum Gasteiger partial charge on any atom is 0.130 e. The summed E-state index contributed by atoms with van der Waals surface area (Å²) >= 11 is 0. The lowest BCUT2D eigenvalue weighted by Crippen LogP contribution is -2.05. The first kappa shape index (κ1) is 11.5. The lowest BCUT2D eigenvalue weighted by atomic mass is 9.86. The van der Waals surface area contributed by atoms with Crippen LogP contribution in [-0.2, 0) is 0 Å². The van der Waals surface area contributed by atoms with Gasteiger partial charge in [0.15, 0.2) is 0 Å². The zero-order valence-corrected chi connectivity index (χ0v) is 11.5. The molecule has 1 aliphatic carbocycles. The van der Waals surface area contributed by atoms with Crippen LogP contribution < -0.4 is 4.74 Å². The number of hydrogen-bond acceptors (Lipinski definition) is 1. The average molecular weight is 260 g/mol. The van der Waals surface area contributed by atoms with Gasteiger partial charge in [-0.3, -0.25) is 0 Å². The molecule has 0 saturated carbocycles. The van der Waals surface area contributed by atoms with Crippen LogP contribution in [0.15, 0.2) is 66.4 Å². The normalized spacial score (nSPS) is 19.6. The Morgan fingerprint density at radius 2 is 1.90 bits per heavy atom. The van der Waals surface area contributed by atoms with Crippen LogP contribution >= 0.6 is 0 Å². The minimum atomic E-state index is 0.380. The molecule has 0 fully saturated rings. The van der Waals surface area contributed by atoms with Crippen molar-refractivity contribution in [1.82, 2.24) is 0 Å². The number of rotatable bonds is 1. The minimum Gasteiger partial charge on any atom is -0.460 e. The van der Waals surface area contributed by atoms with Crippen molar-refractivity contribution in [2.45, 2.75) is 19.3 Å². The second kappa shape index (κ2) is 4.38. The lowest BCUT2D eigenvalue weighted by molar-refractivity contribution is 0.429. The van der Waals surface area contributed by atoms with E-state index in [0.717, 1.165) is 17.9 Å². The maximum absolute atomic E-state index is 6.16. The molecule has 2 aromatic rings. The lowest BCUT2D eigenvalue weighted by Gasteiger charge is -2.17. The van der Waals surface area contributed by atoms with Gasteiger partial charge in [-0.25, -0.2) is 0 Å². The number of aryl methyl sites for hydroxylation is 1. The smallest absolute Gasteiger partial charge is 0.130 e. The van der Waals surface area contributed by atoms with E-state index < -0.39 is 0 Å². The van der Waals surface area contributed by atoms with E-state index in [1.807, 2.05) is 6.07 Å². The highest BCUT2D eigenvalue weighted by atomic mass is 16.5. The zero-order chi connectivity index (χ0) is 13.5. The molecule has 1 aliphatic heterocycles. The van der Waals surface area contributed by atoms with Gasteiger partial charge in [0, 0.05) is 17.1 Å². The van der Waals surface area contributed by atoms with Gasteiger partial charge < -0.3 is 4.74 Å². The van der Waals surface area contributed by atoms with Crippen molar-refractivity contribution in [2.75, 3.05) is 0 Å². The molecule has 1 unspecified atom stereocenters. The fourth-order valence-corrected chi connectivity index (χ4v) is 3.10. The van der Waals surface area contributed by atoms with Crippen LogP contribution in [0.1, 0.15) is 29.0 Å². The van der Waals surface area contributed by atoms with Gasteiger partial charge in [-0.2, -0.15) is 0 Å². The van der Waals surface area contributed by atoms with Crippen LogP contribution in [0, 0.1) is 6.92 Å². The van der Waals surface area contributed by atoms with Crippen LogP contribution in [0.4, 0.5) is 0 Å². The van der Waals surface area contributed by atoms with E-state index in [4.69, 9.17) is 4.74 Å². The van der Waals surface area contributed by atoms with Gasteiger partial charge in [0.05, 0.1) is 0 Å². The van der Waals surface area contributed by atoms with Gasteiger partial charge >= 0.3 is 0 Å². The zero-order valence-electron chi connectivity index (χ0n) is 11.5. The van der Waals surface area contributed by atoms with E-state index in [-0.39, 0.29) is 0 Å². The third kappa shape index (κ3) is 1.70. The molecule has 0 bridgehead atoms. The fraction of sp³-hybridized carbons (Fsp3) is 0.158. The summed E-state index contributed by atoms with van der Waals surface area (Å²) in [5.41, 5.74) is 5.07. The first-order valence-corrected chi connectivity index (χ1v) is 7.07. The van der Waals surface area contributed by atoms with E-state index in [1.54, 1.807) is 0 Å². The summed E-state index contributed by atoms with van der Waals surface area (Å²) in [6.45, 7) is 2.14. The Labute approximate surface area is 119 Å². The van der Waals surface area contributed by atoms with E-state index >= 15 is 0 Å². The van der Waals surface area contributed by atoms with Crippen LogP contribution in [0.25, 0.3) is 5.57 Å². The summed E-state index contributed by atoms with van der Waals surface area (Å²) in [6, 6.07) is 17.0. The van der Waals surface area contributed by atoms with Gasteiger partial charge in [0.2, 0.25) is 0 Å². The standard InChI is InChI=1S/C19H16O/c1-13-10-11-18-17(12-13)16-9-5-8-15(19(16)20-18)14-6-3-2-4-7-14/h2-8,10-12,16H,9H2,1H3. The second-order valence-electron chi connectivity index (χ2n) is 5.48. The molecule has 2 aliphatic rings. The summed E-state index contributed by atoms with van der Waals surface area (Å²) in [7, 11) is 0. The molecule has 0 aromatic heterocycles. The van der Waals surface area contributed by atoms with E-state index in [9.17, 15) is 0 Å². The van der Waals surface area contributed by atoms with Crippen molar-refractivity contribution < 1.29 is 4.74 Å². The number of fused-ring (bicyclic) bond motifs is 3. The maximum atomic E-state index is 6.16. The average Bonchev–Trinajstić information content (AvgIpc) is 2.86. The molecule has 20 heavy (non-hydrogen) atoms. The van der Waals surface area contributed by atoms with Crippen LogP contribution in [-0.4, -0.2) is 0 Å². The predicted molar refractivity (Wildman–Crippen MR) is 81.7 cm³/mol. The highest BCUT2D eigenvalue weighted by Gasteiger charge is 2.32. The molecule has 1 atom stereocenters. The number of allylic oxidation sites excluding steroid dienone is 4. The van der Waals surface area contributed by atoms with Crippen molar-refractivity contribution in [3.8, 4) is 5.75 Å². The summed E-state index contributed by atoms with van der Waals surface area (Å²) < 4.78 is 6.16. The molecule has 1 nitrogen and oxygen atoms in total. The number of hydrogen-bond donors (Lipinski definition) is 0. The Hall–Kier alpha value is -2.28. The molecular formula is C19H16O. The van der Waals surface area contributed by atoms with Gasteiger partial charge in [-0.1, -0.05) is 60.2 Å². The van der Waals surface area contributed by atoms with Gasteiger partial charge in [0.1, 0.15) is 11.5 Å². The van der Waals surface area contributed by atoms with Gasteiger partial charge in [-0.15, -0.1) is 0 Å². The van der Waals surface area contributed by atoms with Crippen molar-refractivity contribution in [1.29, 1.82) is 0 Å². The van der Waals surface area contributed by atoms with Crippen molar-refractivity contribution in [3.05, 3.63) is 83.1 Å². The molecule has 0 amide bonds. The molecule has 1 heterocycles. The van der Waals surface area contributed by atoms with Crippen LogP contribution in [0.2, 0.25) is 0 Å². The summed E-state index contributed by atoms with van der Waals surface area (Å²) in [5.74, 6) is 2.51. The Morgan fingerprint density at radius 1 is 1.05 bits per heavy atom. The summed E-state index contributed by atoms with van der Waals surface area (Å²) in [5, 5.41) is 0. The summed E-state index contributed by atoms with van der Waals surface area (Å²) in [6.07, 6.45) is 5.49. The summed E-state index contributed by atoms with van der Waals surface area (Å²) in [4.78, 5) is 0. The number of benzene rings is 2. The molecule has 4 rings (SSSR count). The second-order valence-corrected chi connectivity index (χ2v) is 5.48. The third-order valence-electron chi connectivity index (χ3n) is 4.08. The number of ether oxygens (including phenoxy) is 1. The van der Waals surface area contributed by atoms with E-state index in [0.29, 0.717) is 5.92 Å². The van der Waals surface area contributed by atoms with E-state index in [1.165, 1.54) is 22.3 Å². The largest absolute Gasteiger partial charge is 0.460 e. The van der Waals surface area contributed by atoms with E-state index in [2.05, 4.69) is 61.5 Å². The van der Waals surface area contributed by atoms with Crippen molar-refractivity contribution in [3.63, 3.8) is 0 Å². The first-order valence-electron chi connectivity index (χ1n) is 7.07. The first-order chi connectivity index (χ1) is 9.83. The highest BCUT2D eigenvalue weighted by Crippen LogP contribution is 2.48. The van der Waals surface area contributed by atoms with Gasteiger partial charge in [0.25, 0.3) is 0 Å². The Bertz CT molecular complexity index is 723. The topological polar surface area (TPSA) is 9.23 Å². The minimum absolute atomic E-state index is 0.380. The van der Waals surface area contributed by atoms with Crippen LogP contribution in [0.5, 0.6) is 5.75 Å². The molecule has 0 saturated heterocycles. The molecule has 0 N–H and O–H groups in total. The highest BCUT2D eigenvalue weighted by molar-refractivity contribution is 5.79. The Kier molecular flexibility index (Phi) is 2.53.